The van der Waals surface area contributed by atoms with Gasteiger partial charge in [-0.25, -0.2) is 4.98 Å². The first-order valence-corrected chi connectivity index (χ1v) is 7.36. The molecule has 0 bridgehead atoms. The molecule has 0 fully saturated rings. The average Bonchev–Trinajstić information content (AvgIpc) is 2.94. The predicted molar refractivity (Wildman–Crippen MR) is 86.4 cm³/mol. The van der Waals surface area contributed by atoms with Crippen LogP contribution in [-0.2, 0) is 13.1 Å². The molecule has 0 spiro atoms. The second-order valence-electron chi connectivity index (χ2n) is 5.62. The number of aromatic nitrogens is 1. The van der Waals surface area contributed by atoms with Crippen molar-refractivity contribution in [2.75, 3.05) is 25.8 Å². The number of fused-ring (bicyclic) bond motifs is 1. The van der Waals surface area contributed by atoms with Crippen LogP contribution in [0.3, 0.4) is 0 Å². The molecule has 5 nitrogen and oxygen atoms in total. The Morgan fingerprint density at radius 1 is 1.14 bits per heavy atom. The van der Waals surface area contributed by atoms with Gasteiger partial charge in [0.25, 0.3) is 0 Å². The van der Waals surface area contributed by atoms with Gasteiger partial charge in [0.2, 0.25) is 6.79 Å². The van der Waals surface area contributed by atoms with Crippen molar-refractivity contribution in [3.8, 4) is 11.5 Å². The van der Waals surface area contributed by atoms with Crippen molar-refractivity contribution >= 4 is 5.82 Å². The molecule has 2 aromatic rings. The highest BCUT2D eigenvalue weighted by Gasteiger charge is 2.15. The number of hydrogen-bond donors (Lipinski definition) is 1. The molecule has 0 aliphatic carbocycles. The molecule has 0 amide bonds. The fraction of sp³-hybridized carbons (Fsp3) is 0.353. The van der Waals surface area contributed by atoms with E-state index in [9.17, 15) is 0 Å². The van der Waals surface area contributed by atoms with Crippen LogP contribution >= 0.6 is 0 Å². The van der Waals surface area contributed by atoms with E-state index >= 15 is 0 Å². The number of ether oxygens (including phenoxy) is 2. The minimum absolute atomic E-state index is 0.313. The summed E-state index contributed by atoms with van der Waals surface area (Å²) in [6.45, 7) is 3.96. The summed E-state index contributed by atoms with van der Waals surface area (Å²) in [4.78, 5) is 6.45. The maximum absolute atomic E-state index is 5.44. The number of benzene rings is 1. The minimum atomic E-state index is 0.313. The van der Waals surface area contributed by atoms with Crippen LogP contribution < -0.4 is 19.7 Å². The van der Waals surface area contributed by atoms with Gasteiger partial charge in [0.05, 0.1) is 0 Å². The van der Waals surface area contributed by atoms with Gasteiger partial charge in [0, 0.05) is 38.9 Å². The van der Waals surface area contributed by atoms with Crippen molar-refractivity contribution in [3.63, 3.8) is 0 Å². The maximum Gasteiger partial charge on any atom is 0.231 e. The first-order valence-electron chi connectivity index (χ1n) is 7.36. The Hall–Kier alpha value is -2.27. The normalized spacial score (nSPS) is 12.5. The predicted octanol–water partition coefficient (Wildman–Crippen LogP) is 2.47. The summed E-state index contributed by atoms with van der Waals surface area (Å²) >= 11 is 0. The third-order valence-electron chi connectivity index (χ3n) is 3.75. The molecule has 3 rings (SSSR count). The highest BCUT2D eigenvalue weighted by Crippen LogP contribution is 2.34. The van der Waals surface area contributed by atoms with E-state index in [1.165, 1.54) is 16.7 Å². The van der Waals surface area contributed by atoms with Crippen molar-refractivity contribution in [1.29, 1.82) is 0 Å². The topological polar surface area (TPSA) is 46.6 Å². The number of hydrogen-bond acceptors (Lipinski definition) is 5. The van der Waals surface area contributed by atoms with Gasteiger partial charge in [-0.2, -0.15) is 0 Å². The van der Waals surface area contributed by atoms with E-state index in [4.69, 9.17) is 9.47 Å². The highest BCUT2D eigenvalue weighted by molar-refractivity contribution is 5.48. The summed E-state index contributed by atoms with van der Waals surface area (Å²) in [7, 11) is 4.02. The molecule has 5 heteroatoms. The number of pyridine rings is 1. The zero-order valence-corrected chi connectivity index (χ0v) is 13.2. The molecule has 1 aromatic carbocycles. The summed E-state index contributed by atoms with van der Waals surface area (Å²) in [5, 5.41) is 3.48. The molecule has 22 heavy (non-hydrogen) atoms. The van der Waals surface area contributed by atoms with E-state index < -0.39 is 0 Å². The summed E-state index contributed by atoms with van der Waals surface area (Å²) in [6.07, 6.45) is 1.82. The molecular formula is C17H21N3O2. The Labute approximate surface area is 130 Å². The molecule has 0 saturated carbocycles. The van der Waals surface area contributed by atoms with Gasteiger partial charge < -0.3 is 19.7 Å². The molecule has 0 unspecified atom stereocenters. The molecule has 0 saturated heterocycles. The maximum atomic E-state index is 5.44. The fourth-order valence-corrected chi connectivity index (χ4v) is 2.58. The van der Waals surface area contributed by atoms with Crippen LogP contribution in [0, 0.1) is 6.92 Å². The summed E-state index contributed by atoms with van der Waals surface area (Å²) in [6, 6.07) is 8.16. The first kappa shape index (κ1) is 14.7. The van der Waals surface area contributed by atoms with E-state index in [1.807, 2.05) is 37.3 Å². The Bertz CT molecular complexity index is 671. The first-order chi connectivity index (χ1) is 10.6. The van der Waals surface area contributed by atoms with Crippen molar-refractivity contribution in [1.82, 2.24) is 10.3 Å². The van der Waals surface area contributed by atoms with Crippen LogP contribution in [0.15, 0.2) is 30.5 Å². The van der Waals surface area contributed by atoms with Crippen molar-refractivity contribution < 1.29 is 9.47 Å². The Kier molecular flexibility index (Phi) is 4.15. The van der Waals surface area contributed by atoms with Crippen LogP contribution in [0.4, 0.5) is 5.82 Å². The zero-order valence-electron chi connectivity index (χ0n) is 13.2. The summed E-state index contributed by atoms with van der Waals surface area (Å²) in [5.41, 5.74) is 3.61. The van der Waals surface area contributed by atoms with Gasteiger partial charge in [-0.1, -0.05) is 6.07 Å². The molecule has 2 heterocycles. The van der Waals surface area contributed by atoms with Crippen LogP contribution in [-0.4, -0.2) is 25.9 Å². The smallest absolute Gasteiger partial charge is 0.231 e. The Morgan fingerprint density at radius 2 is 1.86 bits per heavy atom. The molecule has 1 aromatic heterocycles. The van der Waals surface area contributed by atoms with Gasteiger partial charge in [0.1, 0.15) is 5.82 Å². The molecule has 1 aliphatic heterocycles. The SMILES string of the molecule is Cc1cc2c(cc1CNCc1cccnc1N(C)C)OCO2. The second kappa shape index (κ2) is 6.23. The van der Waals surface area contributed by atoms with Gasteiger partial charge in [-0.05, 0) is 36.2 Å². The van der Waals surface area contributed by atoms with E-state index in [0.29, 0.717) is 6.79 Å². The van der Waals surface area contributed by atoms with Crippen molar-refractivity contribution in [2.45, 2.75) is 20.0 Å². The molecule has 0 radical (unpaired) electrons. The van der Waals surface area contributed by atoms with E-state index in [2.05, 4.69) is 29.4 Å². The zero-order chi connectivity index (χ0) is 15.5. The minimum Gasteiger partial charge on any atom is -0.454 e. The lowest BCUT2D eigenvalue weighted by Crippen LogP contribution is -2.18. The Balaban J connectivity index is 1.67. The lowest BCUT2D eigenvalue weighted by Gasteiger charge is -2.16. The highest BCUT2D eigenvalue weighted by atomic mass is 16.7. The standard InChI is InChI=1S/C17H21N3O2/c1-12-7-15-16(22-11-21-15)8-14(12)10-18-9-13-5-4-6-19-17(13)20(2)3/h4-8,18H,9-11H2,1-3H3. The Morgan fingerprint density at radius 3 is 2.64 bits per heavy atom. The summed E-state index contributed by atoms with van der Waals surface area (Å²) in [5.74, 6) is 2.67. The number of anilines is 1. The number of aryl methyl sites for hydroxylation is 1. The van der Waals surface area contributed by atoms with Gasteiger partial charge in [-0.3, -0.25) is 0 Å². The van der Waals surface area contributed by atoms with Crippen LogP contribution in [0.5, 0.6) is 11.5 Å². The lowest BCUT2D eigenvalue weighted by atomic mass is 10.1. The third-order valence-corrected chi connectivity index (χ3v) is 3.75. The second-order valence-corrected chi connectivity index (χ2v) is 5.62. The van der Waals surface area contributed by atoms with Gasteiger partial charge >= 0.3 is 0 Å². The third kappa shape index (κ3) is 2.99. The average molecular weight is 299 g/mol. The summed E-state index contributed by atoms with van der Waals surface area (Å²) < 4.78 is 10.8. The lowest BCUT2D eigenvalue weighted by molar-refractivity contribution is 0.174. The van der Waals surface area contributed by atoms with Gasteiger partial charge in [0.15, 0.2) is 11.5 Å². The van der Waals surface area contributed by atoms with Crippen molar-refractivity contribution in [2.24, 2.45) is 0 Å². The quantitative estimate of drug-likeness (QED) is 0.919. The van der Waals surface area contributed by atoms with E-state index in [-0.39, 0.29) is 0 Å². The molecule has 116 valence electrons. The molecule has 0 atom stereocenters. The number of nitrogens with one attached hydrogen (secondary N) is 1. The fourth-order valence-electron chi connectivity index (χ4n) is 2.58. The van der Waals surface area contributed by atoms with E-state index in [1.54, 1.807) is 0 Å². The number of nitrogens with zero attached hydrogens (tertiary/aromatic N) is 2. The molecule has 1 aliphatic rings. The van der Waals surface area contributed by atoms with Crippen LogP contribution in [0.1, 0.15) is 16.7 Å². The monoisotopic (exact) mass is 299 g/mol. The van der Waals surface area contributed by atoms with Crippen molar-refractivity contribution in [3.05, 3.63) is 47.2 Å². The van der Waals surface area contributed by atoms with Crippen LogP contribution in [0.2, 0.25) is 0 Å². The van der Waals surface area contributed by atoms with Crippen LogP contribution in [0.25, 0.3) is 0 Å². The number of rotatable bonds is 5. The van der Waals surface area contributed by atoms with E-state index in [0.717, 1.165) is 30.4 Å². The van der Waals surface area contributed by atoms with Gasteiger partial charge in [-0.15, -0.1) is 0 Å². The largest absolute Gasteiger partial charge is 0.454 e. The molecular weight excluding hydrogens is 278 g/mol. The molecule has 1 N–H and O–H groups in total.